The van der Waals surface area contributed by atoms with E-state index in [1.807, 2.05) is 29.2 Å². The number of fused-ring (bicyclic) bond motifs is 1. The van der Waals surface area contributed by atoms with E-state index in [0.29, 0.717) is 22.5 Å². The van der Waals surface area contributed by atoms with Crippen LogP contribution in [-0.4, -0.2) is 35.0 Å². The topological polar surface area (TPSA) is 75.4 Å². The highest BCUT2D eigenvalue weighted by Gasteiger charge is 2.19. The fraction of sp³-hybridized carbons (Fsp3) is 0.250. The van der Waals surface area contributed by atoms with E-state index < -0.39 is 0 Å². The highest BCUT2D eigenvalue weighted by molar-refractivity contribution is 5.97. The molecule has 0 bridgehead atoms. The number of aromatic nitrogens is 1. The van der Waals surface area contributed by atoms with Crippen molar-refractivity contribution in [1.82, 2.24) is 10.1 Å². The number of amides is 2. The molecule has 2 heterocycles. The molecule has 2 amide bonds. The van der Waals surface area contributed by atoms with Crippen molar-refractivity contribution in [3.8, 4) is 0 Å². The van der Waals surface area contributed by atoms with Crippen LogP contribution in [0, 0.1) is 0 Å². The second-order valence-electron chi connectivity index (χ2n) is 6.43. The van der Waals surface area contributed by atoms with Crippen molar-refractivity contribution in [3.05, 3.63) is 59.8 Å². The maximum Gasteiger partial charge on any atom is 0.253 e. The quantitative estimate of drug-likeness (QED) is 0.784. The molecule has 0 radical (unpaired) electrons. The molecule has 1 aliphatic heterocycles. The Bertz CT molecular complexity index is 940. The fourth-order valence-electron chi connectivity index (χ4n) is 3.22. The van der Waals surface area contributed by atoms with Crippen LogP contribution in [0.4, 0.5) is 5.69 Å². The predicted octanol–water partition coefficient (Wildman–Crippen LogP) is 3.25. The van der Waals surface area contributed by atoms with E-state index >= 15 is 0 Å². The summed E-state index contributed by atoms with van der Waals surface area (Å²) in [5, 5.41) is 7.65. The summed E-state index contributed by atoms with van der Waals surface area (Å²) >= 11 is 0. The van der Waals surface area contributed by atoms with Crippen LogP contribution < -0.4 is 5.32 Å². The van der Waals surface area contributed by atoms with Crippen LogP contribution in [0.1, 0.15) is 28.9 Å². The van der Waals surface area contributed by atoms with Gasteiger partial charge < -0.3 is 14.7 Å². The molecule has 1 N–H and O–H groups in total. The summed E-state index contributed by atoms with van der Waals surface area (Å²) in [5.41, 5.74) is 2.58. The van der Waals surface area contributed by atoms with Crippen molar-refractivity contribution >= 4 is 28.5 Å². The largest absolute Gasteiger partial charge is 0.356 e. The fourth-order valence-corrected chi connectivity index (χ4v) is 3.22. The van der Waals surface area contributed by atoms with E-state index in [-0.39, 0.29) is 18.2 Å². The van der Waals surface area contributed by atoms with Gasteiger partial charge in [-0.25, -0.2) is 0 Å². The van der Waals surface area contributed by atoms with Gasteiger partial charge in [-0.3, -0.25) is 9.59 Å². The van der Waals surface area contributed by atoms with Crippen LogP contribution >= 0.6 is 0 Å². The van der Waals surface area contributed by atoms with Gasteiger partial charge >= 0.3 is 0 Å². The number of hydrogen-bond donors (Lipinski definition) is 1. The van der Waals surface area contributed by atoms with Crippen LogP contribution in [-0.2, 0) is 11.2 Å². The second-order valence-corrected chi connectivity index (χ2v) is 6.43. The lowest BCUT2D eigenvalue weighted by Gasteiger charge is -2.15. The van der Waals surface area contributed by atoms with Gasteiger partial charge in [-0.15, -0.1) is 0 Å². The average molecular weight is 349 g/mol. The van der Waals surface area contributed by atoms with Crippen LogP contribution in [0.5, 0.6) is 0 Å². The Hall–Kier alpha value is -3.15. The number of anilines is 1. The van der Waals surface area contributed by atoms with Gasteiger partial charge in [-0.1, -0.05) is 17.3 Å². The first-order valence-corrected chi connectivity index (χ1v) is 8.73. The summed E-state index contributed by atoms with van der Waals surface area (Å²) < 4.78 is 5.22. The zero-order valence-corrected chi connectivity index (χ0v) is 14.3. The molecule has 4 rings (SSSR count). The number of rotatable bonds is 4. The number of nitrogens with zero attached hydrogens (tertiary/aromatic N) is 2. The van der Waals surface area contributed by atoms with Crippen molar-refractivity contribution in [1.29, 1.82) is 0 Å². The molecule has 0 unspecified atom stereocenters. The zero-order valence-electron chi connectivity index (χ0n) is 14.3. The minimum Gasteiger partial charge on any atom is -0.356 e. The molecule has 132 valence electrons. The van der Waals surface area contributed by atoms with E-state index in [4.69, 9.17) is 4.52 Å². The number of likely N-dealkylation sites (tertiary alicyclic amines) is 1. The molecule has 26 heavy (non-hydrogen) atoms. The predicted molar refractivity (Wildman–Crippen MR) is 97.9 cm³/mol. The van der Waals surface area contributed by atoms with Gasteiger partial charge in [0.2, 0.25) is 5.91 Å². The lowest BCUT2D eigenvalue weighted by molar-refractivity contribution is -0.115. The van der Waals surface area contributed by atoms with Crippen molar-refractivity contribution in [2.24, 2.45) is 0 Å². The lowest BCUT2D eigenvalue weighted by atomic mass is 10.1. The molecule has 0 aliphatic carbocycles. The molecule has 0 atom stereocenters. The Morgan fingerprint density at radius 2 is 1.77 bits per heavy atom. The van der Waals surface area contributed by atoms with Gasteiger partial charge in [-0.2, -0.15) is 0 Å². The van der Waals surface area contributed by atoms with Crippen LogP contribution in [0.25, 0.3) is 11.0 Å². The highest BCUT2D eigenvalue weighted by atomic mass is 16.5. The first-order chi connectivity index (χ1) is 12.7. The van der Waals surface area contributed by atoms with E-state index in [9.17, 15) is 9.59 Å². The van der Waals surface area contributed by atoms with Gasteiger partial charge in [0.1, 0.15) is 5.69 Å². The van der Waals surface area contributed by atoms with Gasteiger partial charge in [-0.05, 0) is 49.2 Å². The number of nitrogens with one attached hydrogen (secondary N) is 1. The molecule has 1 saturated heterocycles. The van der Waals surface area contributed by atoms with E-state index in [2.05, 4.69) is 10.5 Å². The molecule has 0 saturated carbocycles. The van der Waals surface area contributed by atoms with Crippen LogP contribution in [0.2, 0.25) is 0 Å². The van der Waals surface area contributed by atoms with E-state index in [1.165, 1.54) is 0 Å². The average Bonchev–Trinajstić information content (AvgIpc) is 3.32. The third kappa shape index (κ3) is 3.31. The van der Waals surface area contributed by atoms with Crippen LogP contribution in [0.15, 0.2) is 53.1 Å². The summed E-state index contributed by atoms with van der Waals surface area (Å²) in [7, 11) is 0. The first kappa shape index (κ1) is 16.3. The van der Waals surface area contributed by atoms with Crippen molar-refractivity contribution < 1.29 is 14.1 Å². The molecule has 1 fully saturated rings. The normalized spacial score (nSPS) is 13.9. The monoisotopic (exact) mass is 349 g/mol. The Labute approximate surface area is 150 Å². The number of benzene rings is 2. The number of carbonyl (C=O) groups excluding carboxylic acids is 2. The minimum atomic E-state index is -0.178. The highest BCUT2D eigenvalue weighted by Crippen LogP contribution is 2.19. The van der Waals surface area contributed by atoms with Crippen molar-refractivity contribution in [2.75, 3.05) is 18.4 Å². The number of para-hydroxylation sites is 1. The molecule has 1 aliphatic rings. The van der Waals surface area contributed by atoms with Gasteiger partial charge in [0, 0.05) is 29.7 Å². The number of carbonyl (C=O) groups is 2. The minimum absolute atomic E-state index is 0.0504. The maximum absolute atomic E-state index is 12.3. The molecular weight excluding hydrogens is 330 g/mol. The van der Waals surface area contributed by atoms with Crippen molar-refractivity contribution in [3.63, 3.8) is 0 Å². The standard InChI is InChI=1S/C20H19N3O3/c24-19(13-17-16-5-1-2-6-18(16)26-22-17)21-15-9-7-14(8-10-15)20(25)23-11-3-4-12-23/h1-2,5-10H,3-4,11-13H2,(H,21,24). The molecule has 3 aromatic rings. The smallest absolute Gasteiger partial charge is 0.253 e. The molecule has 2 aromatic carbocycles. The molecule has 6 nitrogen and oxygen atoms in total. The Kier molecular flexibility index (Phi) is 4.39. The van der Waals surface area contributed by atoms with Gasteiger partial charge in [0.05, 0.1) is 6.42 Å². The molecule has 6 heteroatoms. The van der Waals surface area contributed by atoms with Gasteiger partial charge in [0.25, 0.3) is 5.91 Å². The van der Waals surface area contributed by atoms with E-state index in [0.717, 1.165) is 31.3 Å². The first-order valence-electron chi connectivity index (χ1n) is 8.73. The van der Waals surface area contributed by atoms with E-state index in [1.54, 1.807) is 24.3 Å². The summed E-state index contributed by atoms with van der Waals surface area (Å²) in [6, 6.07) is 14.5. The summed E-state index contributed by atoms with van der Waals surface area (Å²) in [4.78, 5) is 26.5. The summed E-state index contributed by atoms with van der Waals surface area (Å²) in [6.07, 6.45) is 2.26. The molecule has 0 spiro atoms. The maximum atomic E-state index is 12.3. The van der Waals surface area contributed by atoms with Crippen LogP contribution in [0.3, 0.4) is 0 Å². The number of hydrogen-bond acceptors (Lipinski definition) is 4. The SMILES string of the molecule is O=C(Cc1noc2ccccc12)Nc1ccc(C(=O)N2CCCC2)cc1. The Morgan fingerprint density at radius 1 is 1.04 bits per heavy atom. The zero-order chi connectivity index (χ0) is 17.9. The molecule has 1 aromatic heterocycles. The summed E-state index contributed by atoms with van der Waals surface area (Å²) in [5.74, 6) is -0.128. The summed E-state index contributed by atoms with van der Waals surface area (Å²) in [6.45, 7) is 1.64. The molecular formula is C20H19N3O3. The Morgan fingerprint density at radius 3 is 2.54 bits per heavy atom. The third-order valence-corrected chi connectivity index (χ3v) is 4.59. The Balaban J connectivity index is 1.40. The van der Waals surface area contributed by atoms with Crippen molar-refractivity contribution in [2.45, 2.75) is 19.3 Å². The lowest BCUT2D eigenvalue weighted by Crippen LogP contribution is -2.27. The van der Waals surface area contributed by atoms with Gasteiger partial charge in [0.15, 0.2) is 5.58 Å². The third-order valence-electron chi connectivity index (χ3n) is 4.59. The second kappa shape index (κ2) is 7.00.